The summed E-state index contributed by atoms with van der Waals surface area (Å²) >= 11 is 0. The monoisotopic (exact) mass is 875 g/mol. The molecule has 0 amide bonds. The van der Waals surface area contributed by atoms with Gasteiger partial charge in [-0.15, -0.1) is 0 Å². The van der Waals surface area contributed by atoms with Crippen LogP contribution in [0.15, 0.2) is 97.2 Å². The number of unbranched alkanes of at least 4 members (excludes halogenated alkanes) is 19. The molecule has 1 atom stereocenters. The van der Waals surface area contributed by atoms with Crippen molar-refractivity contribution >= 4 is 17.9 Å². The minimum absolute atomic E-state index is 0.115. The molecule has 0 aliphatic heterocycles. The molecule has 0 aliphatic carbocycles. The van der Waals surface area contributed by atoms with E-state index in [2.05, 4.69) is 106 Å². The van der Waals surface area contributed by atoms with Crippen LogP contribution in [0.3, 0.4) is 0 Å². The molecule has 6 heteroatoms. The second-order valence-electron chi connectivity index (χ2n) is 16.7. The maximum Gasteiger partial charge on any atom is 0.309 e. The van der Waals surface area contributed by atoms with E-state index < -0.39 is 12.1 Å². The lowest BCUT2D eigenvalue weighted by Gasteiger charge is -2.18. The van der Waals surface area contributed by atoms with Gasteiger partial charge in [0.1, 0.15) is 13.2 Å². The highest BCUT2D eigenvalue weighted by Gasteiger charge is 2.19. The van der Waals surface area contributed by atoms with Crippen molar-refractivity contribution in [2.45, 2.75) is 232 Å². The number of hydrogen-bond donors (Lipinski definition) is 0. The summed E-state index contributed by atoms with van der Waals surface area (Å²) in [5, 5.41) is 0. The minimum atomic E-state index is -0.821. The third-order valence-electron chi connectivity index (χ3n) is 10.6. The van der Waals surface area contributed by atoms with Gasteiger partial charge in [0, 0.05) is 12.8 Å². The van der Waals surface area contributed by atoms with Crippen molar-refractivity contribution in [3.8, 4) is 0 Å². The van der Waals surface area contributed by atoms with Crippen molar-refractivity contribution in [3.63, 3.8) is 0 Å². The molecule has 0 aliphatic rings. The summed E-state index contributed by atoms with van der Waals surface area (Å²) in [6, 6.07) is 0. The number of carbonyl (C=O) groups excluding carboxylic acids is 3. The highest BCUT2D eigenvalue weighted by Crippen LogP contribution is 2.14. The third kappa shape index (κ3) is 49.2. The first-order valence-corrected chi connectivity index (χ1v) is 25.7. The van der Waals surface area contributed by atoms with Crippen molar-refractivity contribution in [3.05, 3.63) is 97.2 Å². The van der Waals surface area contributed by atoms with Crippen LogP contribution in [0.5, 0.6) is 0 Å². The summed E-state index contributed by atoms with van der Waals surface area (Å²) in [5.41, 5.74) is 0. The molecule has 6 nitrogen and oxygen atoms in total. The molecule has 0 aromatic rings. The van der Waals surface area contributed by atoms with Crippen molar-refractivity contribution in [2.75, 3.05) is 13.2 Å². The van der Waals surface area contributed by atoms with Crippen LogP contribution < -0.4 is 0 Å². The van der Waals surface area contributed by atoms with Crippen LogP contribution in [0.2, 0.25) is 0 Å². The van der Waals surface area contributed by atoms with Gasteiger partial charge < -0.3 is 14.2 Å². The van der Waals surface area contributed by atoms with E-state index in [4.69, 9.17) is 14.2 Å². The fourth-order valence-electron chi connectivity index (χ4n) is 6.78. The minimum Gasteiger partial charge on any atom is -0.462 e. The van der Waals surface area contributed by atoms with Crippen LogP contribution >= 0.6 is 0 Å². The van der Waals surface area contributed by atoms with Crippen LogP contribution in [0.4, 0.5) is 0 Å². The van der Waals surface area contributed by atoms with Gasteiger partial charge in [0.15, 0.2) is 6.10 Å². The Labute approximate surface area is 387 Å². The maximum absolute atomic E-state index is 12.8. The lowest BCUT2D eigenvalue weighted by atomic mass is 10.1. The van der Waals surface area contributed by atoms with Gasteiger partial charge in [-0.3, -0.25) is 14.4 Å². The first-order valence-electron chi connectivity index (χ1n) is 25.7. The fraction of sp³-hybridized carbons (Fsp3) is 0.667. The molecule has 1 unspecified atom stereocenters. The van der Waals surface area contributed by atoms with Crippen LogP contribution in [-0.4, -0.2) is 37.2 Å². The highest BCUT2D eigenvalue weighted by molar-refractivity contribution is 5.72. The van der Waals surface area contributed by atoms with Gasteiger partial charge in [-0.05, 0) is 96.3 Å². The molecule has 0 saturated heterocycles. The predicted molar refractivity (Wildman–Crippen MR) is 270 cm³/mol. The predicted octanol–water partition coefficient (Wildman–Crippen LogP) is 17.0. The van der Waals surface area contributed by atoms with E-state index in [1.54, 1.807) is 6.08 Å². The number of ether oxygens (including phenoxy) is 3. The summed E-state index contributed by atoms with van der Waals surface area (Å²) in [4.78, 5) is 37.8. The Kier molecular flexibility index (Phi) is 48.0. The topological polar surface area (TPSA) is 78.9 Å². The zero-order valence-corrected chi connectivity index (χ0v) is 40.8. The van der Waals surface area contributed by atoms with Gasteiger partial charge in [0.25, 0.3) is 0 Å². The Morgan fingerprint density at radius 3 is 1.13 bits per heavy atom. The van der Waals surface area contributed by atoms with Crippen LogP contribution in [0, 0.1) is 0 Å². The molecule has 0 fully saturated rings. The summed E-state index contributed by atoms with van der Waals surface area (Å²) in [7, 11) is 0. The number of rotatable bonds is 45. The zero-order chi connectivity index (χ0) is 45.8. The molecule has 0 rings (SSSR count). The van der Waals surface area contributed by atoms with E-state index in [0.717, 1.165) is 96.3 Å². The van der Waals surface area contributed by atoms with Gasteiger partial charge in [-0.1, -0.05) is 208 Å². The smallest absolute Gasteiger partial charge is 0.309 e. The SMILES string of the molecule is CC/C=C\C/C=C\C/C=C\C/C=C\CCCCCCCCC(=O)OCC(COC(=O)C/C=C\C/C=C\C/C=C\CC)OC(=O)CCCCCCCCC/C=C\CCCCCCCC. The van der Waals surface area contributed by atoms with Gasteiger partial charge in [0.2, 0.25) is 0 Å². The van der Waals surface area contributed by atoms with Gasteiger partial charge in [-0.2, -0.15) is 0 Å². The molecule has 63 heavy (non-hydrogen) atoms. The van der Waals surface area contributed by atoms with Gasteiger partial charge >= 0.3 is 17.9 Å². The second-order valence-corrected chi connectivity index (χ2v) is 16.7. The largest absolute Gasteiger partial charge is 0.462 e. The van der Waals surface area contributed by atoms with Crippen LogP contribution in [-0.2, 0) is 28.6 Å². The van der Waals surface area contributed by atoms with Crippen LogP contribution in [0.1, 0.15) is 226 Å². The number of hydrogen-bond acceptors (Lipinski definition) is 6. The summed E-state index contributed by atoms with van der Waals surface area (Å²) < 4.78 is 16.6. The maximum atomic E-state index is 12.8. The summed E-state index contributed by atoms with van der Waals surface area (Å²) in [5.74, 6) is -1.06. The highest BCUT2D eigenvalue weighted by atomic mass is 16.6. The molecule has 0 aromatic heterocycles. The number of esters is 3. The Balaban J connectivity index is 4.40. The summed E-state index contributed by atoms with van der Waals surface area (Å²) in [6.07, 6.45) is 67.1. The molecule has 0 spiro atoms. The summed E-state index contributed by atoms with van der Waals surface area (Å²) in [6.45, 7) is 6.28. The van der Waals surface area contributed by atoms with E-state index in [1.807, 2.05) is 6.08 Å². The van der Waals surface area contributed by atoms with Crippen molar-refractivity contribution < 1.29 is 28.6 Å². The molecule has 0 radical (unpaired) electrons. The molecular formula is C57H94O6. The van der Waals surface area contributed by atoms with E-state index in [0.29, 0.717) is 12.8 Å². The first-order chi connectivity index (χ1) is 31.0. The second kappa shape index (κ2) is 51.0. The molecule has 0 aromatic carbocycles. The number of allylic oxidation sites excluding steroid dienone is 15. The van der Waals surface area contributed by atoms with Gasteiger partial charge in [0.05, 0.1) is 6.42 Å². The average Bonchev–Trinajstić information content (AvgIpc) is 3.28. The Morgan fingerprint density at radius 1 is 0.349 bits per heavy atom. The zero-order valence-electron chi connectivity index (χ0n) is 40.8. The van der Waals surface area contributed by atoms with Crippen molar-refractivity contribution in [2.24, 2.45) is 0 Å². The molecule has 0 saturated carbocycles. The van der Waals surface area contributed by atoms with E-state index >= 15 is 0 Å². The van der Waals surface area contributed by atoms with Crippen molar-refractivity contribution in [1.82, 2.24) is 0 Å². The third-order valence-corrected chi connectivity index (χ3v) is 10.6. The molecule has 358 valence electrons. The Bertz CT molecular complexity index is 1280. The van der Waals surface area contributed by atoms with Gasteiger partial charge in [-0.25, -0.2) is 0 Å². The lowest BCUT2D eigenvalue weighted by Crippen LogP contribution is -2.30. The standard InChI is InChI=1S/C57H94O6/c1-4-7-10-13-16-19-21-23-25-27-28-30-31-33-35-38-41-44-47-50-56(59)62-53-54(52-61-55(58)49-46-43-40-37-18-15-12-9-6-3)63-57(60)51-48-45-42-39-36-34-32-29-26-24-22-20-17-14-11-8-5-2/h7,9-10,12,16,18-19,23-26,28,30,37,43,46,54H,4-6,8,11,13-15,17,20-22,27,29,31-36,38-42,44-45,47-53H2,1-3H3/b10-7-,12-9-,19-16-,25-23-,26-24-,30-28-,37-18-,46-43-. The van der Waals surface area contributed by atoms with Crippen LogP contribution in [0.25, 0.3) is 0 Å². The molecule has 0 heterocycles. The Morgan fingerprint density at radius 2 is 0.683 bits per heavy atom. The quantitative estimate of drug-likeness (QED) is 0.0262. The number of carbonyl (C=O) groups is 3. The van der Waals surface area contributed by atoms with E-state index in [1.165, 1.54) is 89.9 Å². The van der Waals surface area contributed by atoms with E-state index in [-0.39, 0.29) is 31.6 Å². The first kappa shape index (κ1) is 59.3. The fourth-order valence-corrected chi connectivity index (χ4v) is 6.78. The normalized spacial score (nSPS) is 12.9. The molecule has 0 bridgehead atoms. The molecule has 0 N–H and O–H groups in total. The lowest BCUT2D eigenvalue weighted by molar-refractivity contribution is -0.166. The average molecular weight is 875 g/mol. The molecular weight excluding hydrogens is 781 g/mol. The van der Waals surface area contributed by atoms with Crippen molar-refractivity contribution in [1.29, 1.82) is 0 Å². The van der Waals surface area contributed by atoms with E-state index in [9.17, 15) is 14.4 Å². The Hall–Kier alpha value is -3.67.